The Kier molecular flexibility index (Phi) is 6.73. The van der Waals surface area contributed by atoms with Gasteiger partial charge in [0.25, 0.3) is 0 Å². The lowest BCUT2D eigenvalue weighted by atomic mass is 9.46. The molecule has 0 aromatic carbocycles. The summed E-state index contributed by atoms with van der Waals surface area (Å²) in [4.78, 5) is 51.9. The molecule has 0 amide bonds. The van der Waals surface area contributed by atoms with Crippen molar-refractivity contribution in [3.8, 4) is 0 Å². The highest BCUT2D eigenvalue weighted by Gasteiger charge is 2.77. The van der Waals surface area contributed by atoms with Crippen LogP contribution in [0.4, 0.5) is 0 Å². The minimum Gasteiger partial charge on any atom is -0.457 e. The number of Topliss-reactive ketones (excluding diaryl/α,β-unsaturated/α-hetero) is 1. The normalized spacial score (nSPS) is 43.9. The molecule has 1 saturated heterocycles. The average molecular weight is 542 g/mol. The number of esters is 1. The second-order valence-corrected chi connectivity index (χ2v) is 13.6. The molecule has 5 fully saturated rings. The minimum absolute atomic E-state index is 0.0107. The van der Waals surface area contributed by atoms with E-state index >= 15 is 0 Å². The summed E-state index contributed by atoms with van der Waals surface area (Å²) in [6.07, 6.45) is 12.1. The predicted octanol–water partition coefficient (Wildman–Crippen LogP) is 4.26. The quantitative estimate of drug-likeness (QED) is 0.515. The van der Waals surface area contributed by atoms with Crippen LogP contribution >= 0.6 is 0 Å². The topological polar surface area (TPSA) is 102 Å². The molecular formula is C31H43NO7. The van der Waals surface area contributed by atoms with Crippen LogP contribution in [0, 0.1) is 34.5 Å². The van der Waals surface area contributed by atoms with E-state index < -0.39 is 34.6 Å². The van der Waals surface area contributed by atoms with E-state index in [4.69, 9.17) is 14.4 Å². The van der Waals surface area contributed by atoms with Crippen LogP contribution in [0.3, 0.4) is 0 Å². The van der Waals surface area contributed by atoms with Crippen molar-refractivity contribution < 1.29 is 33.9 Å². The van der Waals surface area contributed by atoms with E-state index in [1.807, 2.05) is 6.08 Å². The Morgan fingerprint density at radius 2 is 1.92 bits per heavy atom. The first kappa shape index (κ1) is 27.3. The molecule has 4 saturated carbocycles. The lowest BCUT2D eigenvalue weighted by Crippen LogP contribution is -2.64. The highest BCUT2D eigenvalue weighted by molar-refractivity contribution is 6.01. The van der Waals surface area contributed by atoms with Crippen LogP contribution in [-0.2, 0) is 28.8 Å². The second-order valence-electron chi connectivity index (χ2n) is 13.6. The molecule has 8 heteroatoms. The molecule has 0 spiro atoms. The average Bonchev–Trinajstić information content (AvgIpc) is 3.41. The highest BCUT2D eigenvalue weighted by Crippen LogP contribution is 2.69. The smallest absolute Gasteiger partial charge is 0.308 e. The number of carbonyl (C=O) groups excluding carboxylic acids is 3. The first-order chi connectivity index (χ1) is 18.5. The van der Waals surface area contributed by atoms with Gasteiger partial charge in [-0.2, -0.15) is 0 Å². The SMILES string of the molecule is CC(C)C(=O)OCC(=O)C12ON(C3CCCCC3)OC1CC1C3CCC4=CC(=O)C=C[C@]4(C)C3[C@@H](O)C[C@@]12C. The Labute approximate surface area is 231 Å². The van der Waals surface area contributed by atoms with Crippen molar-refractivity contribution in [2.45, 2.75) is 109 Å². The van der Waals surface area contributed by atoms with Crippen molar-refractivity contribution in [2.24, 2.45) is 34.5 Å². The maximum atomic E-state index is 14.2. The molecule has 5 aliphatic carbocycles. The molecule has 214 valence electrons. The highest BCUT2D eigenvalue weighted by atomic mass is 17.0. The first-order valence-electron chi connectivity index (χ1n) is 15.0. The Morgan fingerprint density at radius 1 is 1.18 bits per heavy atom. The van der Waals surface area contributed by atoms with Gasteiger partial charge in [0.05, 0.1) is 18.1 Å². The molecule has 0 aromatic heterocycles. The van der Waals surface area contributed by atoms with E-state index in [2.05, 4.69) is 13.8 Å². The van der Waals surface area contributed by atoms with E-state index in [9.17, 15) is 19.5 Å². The largest absolute Gasteiger partial charge is 0.457 e. The summed E-state index contributed by atoms with van der Waals surface area (Å²) in [5.41, 5.74) is -1.32. The van der Waals surface area contributed by atoms with Gasteiger partial charge in [-0.1, -0.05) is 63.8 Å². The number of rotatable bonds is 5. The molecular weight excluding hydrogens is 498 g/mol. The van der Waals surface area contributed by atoms with Crippen molar-refractivity contribution in [1.29, 1.82) is 0 Å². The molecule has 0 radical (unpaired) electrons. The summed E-state index contributed by atoms with van der Waals surface area (Å²) >= 11 is 0. The minimum atomic E-state index is -1.33. The van der Waals surface area contributed by atoms with Crippen molar-refractivity contribution in [3.05, 3.63) is 23.8 Å². The number of ketones is 2. The predicted molar refractivity (Wildman–Crippen MR) is 142 cm³/mol. The summed E-state index contributed by atoms with van der Waals surface area (Å²) in [5.74, 6) is -0.852. The van der Waals surface area contributed by atoms with Gasteiger partial charge in [-0.15, -0.1) is 0 Å². The van der Waals surface area contributed by atoms with Gasteiger partial charge in [0.15, 0.2) is 18.0 Å². The number of aliphatic hydroxyl groups excluding tert-OH is 1. The summed E-state index contributed by atoms with van der Waals surface area (Å²) < 4.78 is 5.46. The monoisotopic (exact) mass is 541 g/mol. The number of ether oxygens (including phenoxy) is 1. The number of aliphatic hydroxyl groups is 1. The van der Waals surface area contributed by atoms with Gasteiger partial charge in [-0.3, -0.25) is 24.1 Å². The Bertz CT molecular complexity index is 1110. The zero-order chi connectivity index (χ0) is 27.7. The number of fused-ring (bicyclic) bond motifs is 7. The standard InChI is InChI=1S/C31H43NO7/c1-18(2)28(36)37-17-25(35)31-26(38-32(39-31)20-8-6-5-7-9-20)15-23-22-11-10-19-14-21(33)12-13-29(19,3)27(22)24(34)16-30(23,31)4/h12-14,18,20,22-24,26-27,34H,5-11,15-17H2,1-4H3/t22?,23?,24-,26?,27?,29-,30-,31?/m0/s1. The molecule has 39 heavy (non-hydrogen) atoms. The molecule has 8 atom stereocenters. The van der Waals surface area contributed by atoms with Crippen LogP contribution in [0.5, 0.6) is 0 Å². The van der Waals surface area contributed by atoms with Crippen molar-refractivity contribution in [3.63, 3.8) is 0 Å². The third kappa shape index (κ3) is 3.96. The van der Waals surface area contributed by atoms with Crippen LogP contribution < -0.4 is 0 Å². The number of hydrogen-bond donors (Lipinski definition) is 1. The number of carbonyl (C=O) groups is 3. The van der Waals surface area contributed by atoms with E-state index in [0.717, 1.165) is 44.1 Å². The van der Waals surface area contributed by atoms with Crippen molar-refractivity contribution >= 4 is 17.5 Å². The molecule has 5 unspecified atom stereocenters. The molecule has 1 N–H and O–H groups in total. The fourth-order valence-corrected chi connectivity index (χ4v) is 9.28. The number of hydroxylamine groups is 2. The van der Waals surface area contributed by atoms with E-state index in [1.54, 1.807) is 31.2 Å². The molecule has 0 aromatic rings. The van der Waals surface area contributed by atoms with Crippen LogP contribution in [0.25, 0.3) is 0 Å². The third-order valence-corrected chi connectivity index (χ3v) is 11.2. The van der Waals surface area contributed by atoms with Gasteiger partial charge in [-0.25, -0.2) is 0 Å². The van der Waals surface area contributed by atoms with E-state index in [-0.39, 0.29) is 47.9 Å². The Hall–Kier alpha value is -1.87. The van der Waals surface area contributed by atoms with Gasteiger partial charge in [-0.05, 0) is 62.5 Å². The molecule has 0 bridgehead atoms. The summed E-state index contributed by atoms with van der Waals surface area (Å²) in [6, 6.07) is 0.0850. The van der Waals surface area contributed by atoms with Crippen LogP contribution in [0.15, 0.2) is 23.8 Å². The van der Waals surface area contributed by atoms with Crippen LogP contribution in [-0.4, -0.2) is 58.3 Å². The lowest BCUT2D eigenvalue weighted by molar-refractivity contribution is -0.365. The number of hydrogen-bond acceptors (Lipinski definition) is 8. The fraction of sp³-hybridized carbons (Fsp3) is 0.774. The lowest BCUT2D eigenvalue weighted by Gasteiger charge is -2.59. The maximum absolute atomic E-state index is 14.2. The second kappa shape index (κ2) is 9.61. The van der Waals surface area contributed by atoms with E-state index in [0.29, 0.717) is 12.8 Å². The molecule has 6 aliphatic rings. The Balaban J connectivity index is 1.35. The summed E-state index contributed by atoms with van der Waals surface area (Å²) in [7, 11) is 0. The summed E-state index contributed by atoms with van der Waals surface area (Å²) in [5, 5.41) is 13.5. The van der Waals surface area contributed by atoms with Gasteiger partial charge < -0.3 is 9.84 Å². The van der Waals surface area contributed by atoms with Crippen molar-refractivity contribution in [2.75, 3.05) is 6.61 Å². The Morgan fingerprint density at radius 3 is 2.64 bits per heavy atom. The van der Waals surface area contributed by atoms with Crippen molar-refractivity contribution in [1.82, 2.24) is 5.23 Å². The molecule has 6 rings (SSSR count). The van der Waals surface area contributed by atoms with Gasteiger partial charge >= 0.3 is 5.97 Å². The zero-order valence-corrected chi connectivity index (χ0v) is 23.7. The summed E-state index contributed by atoms with van der Waals surface area (Å²) in [6.45, 7) is 7.36. The molecule has 1 aliphatic heterocycles. The van der Waals surface area contributed by atoms with Gasteiger partial charge in [0.1, 0.15) is 6.10 Å². The third-order valence-electron chi connectivity index (χ3n) is 11.2. The van der Waals surface area contributed by atoms with Gasteiger partial charge in [0, 0.05) is 16.7 Å². The maximum Gasteiger partial charge on any atom is 0.308 e. The number of allylic oxidation sites excluding steroid dienone is 4. The van der Waals surface area contributed by atoms with E-state index in [1.165, 1.54) is 6.42 Å². The van der Waals surface area contributed by atoms with Crippen LogP contribution in [0.2, 0.25) is 0 Å². The fourth-order valence-electron chi connectivity index (χ4n) is 9.28. The molecule has 1 heterocycles. The number of nitrogens with zero attached hydrogens (tertiary/aromatic N) is 1. The zero-order valence-electron chi connectivity index (χ0n) is 23.7. The molecule has 8 nitrogen and oxygen atoms in total. The van der Waals surface area contributed by atoms with Crippen LogP contribution in [0.1, 0.15) is 85.5 Å². The first-order valence-corrected chi connectivity index (χ1v) is 15.0. The van der Waals surface area contributed by atoms with Gasteiger partial charge in [0.2, 0.25) is 5.78 Å².